The predicted molar refractivity (Wildman–Crippen MR) is 111 cm³/mol. The van der Waals surface area contributed by atoms with Gasteiger partial charge in [0.2, 0.25) is 5.91 Å². The molecule has 1 fully saturated rings. The van der Waals surface area contributed by atoms with Gasteiger partial charge in [0.15, 0.2) is 11.5 Å². The van der Waals surface area contributed by atoms with Gasteiger partial charge in [0.1, 0.15) is 0 Å². The Hall–Kier alpha value is -2.79. The van der Waals surface area contributed by atoms with Gasteiger partial charge in [-0.25, -0.2) is 0 Å². The highest BCUT2D eigenvalue weighted by molar-refractivity contribution is 5.92. The molecule has 0 saturated carbocycles. The summed E-state index contributed by atoms with van der Waals surface area (Å²) >= 11 is 0. The summed E-state index contributed by atoms with van der Waals surface area (Å²) in [4.78, 5) is 14.5. The number of methoxy groups -OCH3 is 2. The summed E-state index contributed by atoms with van der Waals surface area (Å²) in [5.74, 6) is 1.79. The molecule has 1 amide bonds. The fraction of sp³-hybridized carbons (Fsp3) is 0.348. The number of benzene rings is 2. The highest BCUT2D eigenvalue weighted by Crippen LogP contribution is 2.32. The Bertz CT molecular complexity index is 839. The second kappa shape index (κ2) is 9.42. The van der Waals surface area contributed by atoms with Crippen LogP contribution in [0.3, 0.4) is 0 Å². The quantitative estimate of drug-likeness (QED) is 0.778. The van der Waals surface area contributed by atoms with Gasteiger partial charge in [-0.05, 0) is 42.0 Å². The van der Waals surface area contributed by atoms with Crippen molar-refractivity contribution in [2.24, 2.45) is 5.73 Å². The zero-order chi connectivity index (χ0) is 19.9. The van der Waals surface area contributed by atoms with Gasteiger partial charge < -0.3 is 20.1 Å². The number of rotatable bonds is 6. The summed E-state index contributed by atoms with van der Waals surface area (Å²) in [6.07, 6.45) is 5.35. The number of carbonyl (C=O) groups excluding carboxylic acids is 1. The van der Waals surface area contributed by atoms with Crippen molar-refractivity contribution < 1.29 is 14.3 Å². The molecule has 2 aromatic rings. The molecule has 0 unspecified atom stereocenters. The van der Waals surface area contributed by atoms with Crippen LogP contribution >= 0.6 is 0 Å². The Morgan fingerprint density at radius 2 is 1.89 bits per heavy atom. The molecule has 1 aliphatic heterocycles. The van der Waals surface area contributed by atoms with E-state index in [1.807, 2.05) is 23.1 Å². The van der Waals surface area contributed by atoms with Crippen molar-refractivity contribution in [1.82, 2.24) is 4.90 Å². The van der Waals surface area contributed by atoms with Crippen molar-refractivity contribution in [1.29, 1.82) is 0 Å². The molecular formula is C23H28N2O3. The molecule has 3 rings (SSSR count). The Morgan fingerprint density at radius 3 is 2.57 bits per heavy atom. The maximum absolute atomic E-state index is 12.6. The first-order valence-corrected chi connectivity index (χ1v) is 9.63. The monoisotopic (exact) mass is 380 g/mol. The van der Waals surface area contributed by atoms with Crippen molar-refractivity contribution in [2.75, 3.05) is 27.3 Å². The Balaban J connectivity index is 1.62. The summed E-state index contributed by atoms with van der Waals surface area (Å²) in [5.41, 5.74) is 9.06. The van der Waals surface area contributed by atoms with Gasteiger partial charge in [-0.2, -0.15) is 0 Å². The van der Waals surface area contributed by atoms with Crippen molar-refractivity contribution in [3.8, 4) is 11.5 Å². The van der Waals surface area contributed by atoms with Gasteiger partial charge in [-0.15, -0.1) is 0 Å². The lowest BCUT2D eigenvalue weighted by molar-refractivity contribution is -0.126. The number of para-hydroxylation sites is 1. The van der Waals surface area contributed by atoms with Crippen molar-refractivity contribution >= 4 is 12.0 Å². The molecule has 0 aromatic heterocycles. The zero-order valence-electron chi connectivity index (χ0n) is 16.6. The minimum atomic E-state index is 0.0269. The van der Waals surface area contributed by atoms with E-state index in [2.05, 4.69) is 24.3 Å². The molecule has 1 saturated heterocycles. The molecule has 5 nitrogen and oxygen atoms in total. The zero-order valence-corrected chi connectivity index (χ0v) is 16.6. The van der Waals surface area contributed by atoms with E-state index in [4.69, 9.17) is 15.2 Å². The minimum absolute atomic E-state index is 0.0269. The SMILES string of the molecule is COc1cccc(/C=C/C(=O)N2CCC(c3cccc(CN)c3)CC2)c1OC. The normalized spacial score (nSPS) is 15.0. The van der Waals surface area contributed by atoms with Crippen LogP contribution in [0.15, 0.2) is 48.5 Å². The number of amides is 1. The molecule has 2 aromatic carbocycles. The van der Waals surface area contributed by atoms with Crippen molar-refractivity contribution in [2.45, 2.75) is 25.3 Å². The van der Waals surface area contributed by atoms with Gasteiger partial charge in [0.25, 0.3) is 0 Å². The summed E-state index contributed by atoms with van der Waals surface area (Å²) in [6.45, 7) is 2.08. The highest BCUT2D eigenvalue weighted by atomic mass is 16.5. The molecule has 148 valence electrons. The smallest absolute Gasteiger partial charge is 0.246 e. The van der Waals surface area contributed by atoms with Crippen LogP contribution in [0.5, 0.6) is 11.5 Å². The number of likely N-dealkylation sites (tertiary alicyclic amines) is 1. The average molecular weight is 380 g/mol. The highest BCUT2D eigenvalue weighted by Gasteiger charge is 2.23. The van der Waals surface area contributed by atoms with E-state index in [1.54, 1.807) is 26.4 Å². The number of hydrogen-bond donors (Lipinski definition) is 1. The van der Waals surface area contributed by atoms with Crippen LogP contribution in [0.1, 0.15) is 35.4 Å². The first-order chi connectivity index (χ1) is 13.7. The van der Waals surface area contributed by atoms with Crippen LogP contribution in [-0.2, 0) is 11.3 Å². The topological polar surface area (TPSA) is 64.8 Å². The van der Waals surface area contributed by atoms with Crippen molar-refractivity contribution in [3.05, 3.63) is 65.2 Å². The number of nitrogens with two attached hydrogens (primary N) is 1. The molecule has 2 N–H and O–H groups in total. The second-order valence-corrected chi connectivity index (χ2v) is 6.96. The lowest BCUT2D eigenvalue weighted by Crippen LogP contribution is -2.36. The number of piperidine rings is 1. The van der Waals surface area contributed by atoms with Gasteiger partial charge in [0, 0.05) is 31.3 Å². The maximum atomic E-state index is 12.6. The Morgan fingerprint density at radius 1 is 1.14 bits per heavy atom. The van der Waals surface area contributed by atoms with Gasteiger partial charge in [0.05, 0.1) is 14.2 Å². The first-order valence-electron chi connectivity index (χ1n) is 9.63. The minimum Gasteiger partial charge on any atom is -0.493 e. The van der Waals surface area contributed by atoms with Crippen LogP contribution in [0.25, 0.3) is 6.08 Å². The molecule has 0 bridgehead atoms. The van der Waals surface area contributed by atoms with E-state index < -0.39 is 0 Å². The van der Waals surface area contributed by atoms with Crippen LogP contribution < -0.4 is 15.2 Å². The maximum Gasteiger partial charge on any atom is 0.246 e. The van der Waals surface area contributed by atoms with Crippen LogP contribution in [-0.4, -0.2) is 38.1 Å². The number of nitrogens with zero attached hydrogens (tertiary/aromatic N) is 1. The molecule has 1 heterocycles. The third-order valence-corrected chi connectivity index (χ3v) is 5.30. The predicted octanol–water partition coefficient (Wildman–Crippen LogP) is 3.58. The van der Waals surface area contributed by atoms with Crippen LogP contribution in [0, 0.1) is 0 Å². The summed E-state index contributed by atoms with van der Waals surface area (Å²) in [5, 5.41) is 0. The van der Waals surface area contributed by atoms with Crippen LogP contribution in [0.2, 0.25) is 0 Å². The number of ether oxygens (including phenoxy) is 2. The summed E-state index contributed by atoms with van der Waals surface area (Å²) in [6, 6.07) is 14.1. The molecule has 5 heteroatoms. The van der Waals surface area contributed by atoms with Gasteiger partial charge >= 0.3 is 0 Å². The fourth-order valence-electron chi connectivity index (χ4n) is 3.72. The van der Waals surface area contributed by atoms with E-state index >= 15 is 0 Å². The van der Waals surface area contributed by atoms with E-state index in [0.717, 1.165) is 37.1 Å². The largest absolute Gasteiger partial charge is 0.493 e. The van der Waals surface area contributed by atoms with Gasteiger partial charge in [-0.1, -0.05) is 36.4 Å². The van der Waals surface area contributed by atoms with E-state index in [9.17, 15) is 4.79 Å². The molecule has 28 heavy (non-hydrogen) atoms. The number of carbonyl (C=O) groups is 1. The molecule has 1 aliphatic rings. The van der Waals surface area contributed by atoms with E-state index in [0.29, 0.717) is 24.0 Å². The van der Waals surface area contributed by atoms with Gasteiger partial charge in [-0.3, -0.25) is 4.79 Å². The third kappa shape index (κ3) is 4.54. The Labute approximate surface area is 166 Å². The van der Waals surface area contributed by atoms with Crippen LogP contribution in [0.4, 0.5) is 0 Å². The first kappa shape index (κ1) is 20.0. The Kier molecular flexibility index (Phi) is 6.71. The molecule has 0 radical (unpaired) electrons. The lowest BCUT2D eigenvalue weighted by atomic mass is 9.88. The van der Waals surface area contributed by atoms with Crippen molar-refractivity contribution in [3.63, 3.8) is 0 Å². The summed E-state index contributed by atoms with van der Waals surface area (Å²) < 4.78 is 10.7. The molecule has 0 aliphatic carbocycles. The molecule has 0 atom stereocenters. The summed E-state index contributed by atoms with van der Waals surface area (Å²) in [7, 11) is 3.20. The average Bonchev–Trinajstić information content (AvgIpc) is 2.77. The van der Waals surface area contributed by atoms with E-state index in [1.165, 1.54) is 5.56 Å². The lowest BCUT2D eigenvalue weighted by Gasteiger charge is -2.31. The standard InChI is InChI=1S/C23H28N2O3/c1-27-21-8-4-6-19(23(21)28-2)9-10-22(26)25-13-11-18(12-14-25)20-7-3-5-17(15-20)16-24/h3-10,15,18H,11-14,16,24H2,1-2H3/b10-9+. The molecular weight excluding hydrogens is 352 g/mol. The molecule has 0 spiro atoms. The fourth-order valence-corrected chi connectivity index (χ4v) is 3.72. The van der Waals surface area contributed by atoms with E-state index in [-0.39, 0.29) is 5.91 Å². The second-order valence-electron chi connectivity index (χ2n) is 6.96. The third-order valence-electron chi connectivity index (χ3n) is 5.30. The number of hydrogen-bond acceptors (Lipinski definition) is 4.